The number of nitrogens with one attached hydrogen (secondary N) is 2. The van der Waals surface area contributed by atoms with Crippen molar-refractivity contribution in [3.05, 3.63) is 70.9 Å². The number of rotatable bonds is 5. The molecule has 0 unspecified atom stereocenters. The number of amides is 1. The molecule has 1 amide bonds. The summed E-state index contributed by atoms with van der Waals surface area (Å²) in [6.07, 6.45) is -0.129. The lowest BCUT2D eigenvalue weighted by Gasteiger charge is -2.30. The van der Waals surface area contributed by atoms with Crippen LogP contribution in [-0.2, 0) is 11.3 Å². The Labute approximate surface area is 153 Å². The van der Waals surface area contributed by atoms with Crippen LogP contribution < -0.4 is 15.4 Å². The molecule has 2 aliphatic rings. The number of hydroxylamine groups is 2. The summed E-state index contributed by atoms with van der Waals surface area (Å²) in [4.78, 5) is 14.2. The Morgan fingerprint density at radius 1 is 1.26 bits per heavy atom. The number of nitrogens with zero attached hydrogens (tertiary/aromatic N) is 2. The minimum Gasteiger partial charge on any atom is -0.754 e. The Balaban J connectivity index is 1.65. The molecule has 0 aromatic heterocycles. The fourth-order valence-electron chi connectivity index (χ4n) is 2.66. The maximum atomic E-state index is 12.6. The molecule has 0 atom stereocenters. The average Bonchev–Trinajstić information content (AvgIpc) is 2.97. The van der Waals surface area contributed by atoms with Crippen LogP contribution in [0.25, 0.3) is 0 Å². The molecule has 10 heteroatoms. The molecule has 1 aromatic carbocycles. The lowest BCUT2D eigenvalue weighted by atomic mass is 10.2. The Morgan fingerprint density at radius 2 is 1.96 bits per heavy atom. The average molecular weight is 381 g/mol. The normalized spacial score (nSPS) is 16.1. The third kappa shape index (κ3) is 4.34. The smallest absolute Gasteiger partial charge is 0.573 e. The highest BCUT2D eigenvalue weighted by Crippen LogP contribution is 2.28. The van der Waals surface area contributed by atoms with Crippen molar-refractivity contribution in [1.29, 1.82) is 0 Å². The van der Waals surface area contributed by atoms with E-state index in [1.165, 1.54) is 42.9 Å². The van der Waals surface area contributed by atoms with Gasteiger partial charge in [0.1, 0.15) is 17.3 Å². The molecule has 0 spiro atoms. The number of hydrogen-bond acceptors (Lipinski definition) is 6. The van der Waals surface area contributed by atoms with E-state index in [0.29, 0.717) is 34.3 Å². The molecule has 0 saturated heterocycles. The van der Waals surface area contributed by atoms with Crippen molar-refractivity contribution in [2.45, 2.75) is 26.3 Å². The number of fused-ring (bicyclic) bond motifs is 1. The summed E-state index contributed by atoms with van der Waals surface area (Å²) in [6.45, 7) is 1.99. The standard InChI is InChI=1S/C17H16F3N4O3/c1-2-13-15(24-8-7-23(26)10-14(24)22-13)16(25)21-9-11-3-5-12(6-4-11)27-17(18,19)20/h3-8,10,22H,2,9H2,1H3,(H,21,25)/q-1. The Morgan fingerprint density at radius 3 is 2.59 bits per heavy atom. The second kappa shape index (κ2) is 7.23. The van der Waals surface area contributed by atoms with Gasteiger partial charge in [0.05, 0.1) is 0 Å². The van der Waals surface area contributed by atoms with E-state index in [9.17, 15) is 23.2 Å². The first-order valence-electron chi connectivity index (χ1n) is 8.04. The molecular formula is C17H16F3N4O3-. The number of halogens is 3. The second-order valence-corrected chi connectivity index (χ2v) is 5.72. The van der Waals surface area contributed by atoms with Crippen LogP contribution in [0.2, 0.25) is 0 Å². The molecule has 1 aromatic rings. The largest absolute Gasteiger partial charge is 0.754 e. The summed E-state index contributed by atoms with van der Waals surface area (Å²) in [7, 11) is 0. The van der Waals surface area contributed by atoms with Gasteiger partial charge in [0, 0.05) is 30.8 Å². The Kier molecular flexibility index (Phi) is 5.00. The fraction of sp³-hybridized carbons (Fsp3) is 0.235. The number of ether oxygens (including phenoxy) is 1. The van der Waals surface area contributed by atoms with Gasteiger partial charge in [0.15, 0.2) is 0 Å². The Hall–Kier alpha value is -3.14. The van der Waals surface area contributed by atoms with Gasteiger partial charge in [-0.1, -0.05) is 19.1 Å². The van der Waals surface area contributed by atoms with Gasteiger partial charge in [0.2, 0.25) is 0 Å². The number of alkyl halides is 3. The summed E-state index contributed by atoms with van der Waals surface area (Å²) in [5, 5.41) is 17.8. The SMILES string of the molecule is CCC1=C(C(=O)NCc2ccc(OC(F)(F)F)cc2)N2C=CN([O-])C=C2N1. The first-order valence-corrected chi connectivity index (χ1v) is 8.04. The highest BCUT2D eigenvalue weighted by molar-refractivity contribution is 5.94. The van der Waals surface area contributed by atoms with Gasteiger partial charge < -0.3 is 25.6 Å². The van der Waals surface area contributed by atoms with Gasteiger partial charge in [-0.15, -0.1) is 13.2 Å². The van der Waals surface area contributed by atoms with E-state index in [1.54, 1.807) is 4.90 Å². The minimum atomic E-state index is -4.75. The highest BCUT2D eigenvalue weighted by Gasteiger charge is 2.32. The monoisotopic (exact) mass is 381 g/mol. The second-order valence-electron chi connectivity index (χ2n) is 5.72. The molecule has 2 aliphatic heterocycles. The summed E-state index contributed by atoms with van der Waals surface area (Å²) in [5.41, 5.74) is 1.64. The van der Waals surface area contributed by atoms with E-state index < -0.39 is 6.36 Å². The number of hydrogen-bond donors (Lipinski definition) is 2. The van der Waals surface area contributed by atoms with E-state index in [2.05, 4.69) is 15.4 Å². The predicted octanol–water partition coefficient (Wildman–Crippen LogP) is 2.81. The summed E-state index contributed by atoms with van der Waals surface area (Å²) >= 11 is 0. The van der Waals surface area contributed by atoms with Gasteiger partial charge in [-0.25, -0.2) is 0 Å². The van der Waals surface area contributed by atoms with Gasteiger partial charge in [-0.05, 0) is 24.1 Å². The zero-order chi connectivity index (χ0) is 19.6. The highest BCUT2D eigenvalue weighted by atomic mass is 19.4. The van der Waals surface area contributed by atoms with E-state index in [4.69, 9.17) is 0 Å². The van der Waals surface area contributed by atoms with Crippen molar-refractivity contribution >= 4 is 5.91 Å². The van der Waals surface area contributed by atoms with Crippen molar-refractivity contribution in [1.82, 2.24) is 20.6 Å². The van der Waals surface area contributed by atoms with Crippen LogP contribution in [0.4, 0.5) is 13.2 Å². The topological polar surface area (TPSA) is 79.9 Å². The van der Waals surface area contributed by atoms with Gasteiger partial charge >= 0.3 is 6.36 Å². The first-order chi connectivity index (χ1) is 12.8. The van der Waals surface area contributed by atoms with Crippen molar-refractivity contribution < 1.29 is 22.7 Å². The molecular weight excluding hydrogens is 365 g/mol. The van der Waals surface area contributed by atoms with Crippen LogP contribution in [0.5, 0.6) is 5.75 Å². The third-order valence-electron chi connectivity index (χ3n) is 3.86. The van der Waals surface area contributed by atoms with E-state index in [-0.39, 0.29) is 18.2 Å². The Bertz CT molecular complexity index is 816. The fourth-order valence-corrected chi connectivity index (χ4v) is 2.66. The van der Waals surface area contributed by atoms with Crippen LogP contribution in [0, 0.1) is 5.21 Å². The van der Waals surface area contributed by atoms with Crippen LogP contribution in [0.15, 0.2) is 60.1 Å². The number of carbonyl (C=O) groups excluding carboxylic acids is 1. The quantitative estimate of drug-likeness (QED) is 0.817. The van der Waals surface area contributed by atoms with Crippen molar-refractivity contribution in [2.75, 3.05) is 0 Å². The zero-order valence-corrected chi connectivity index (χ0v) is 14.2. The number of allylic oxidation sites excluding steroid dienone is 1. The van der Waals surface area contributed by atoms with E-state index in [1.807, 2.05) is 6.92 Å². The molecule has 2 heterocycles. The van der Waals surface area contributed by atoms with Crippen molar-refractivity contribution in [3.63, 3.8) is 0 Å². The maximum Gasteiger partial charge on any atom is 0.573 e. The van der Waals surface area contributed by atoms with Gasteiger partial charge in [0.25, 0.3) is 5.91 Å². The molecule has 0 saturated carbocycles. The summed E-state index contributed by atoms with van der Waals surface area (Å²) < 4.78 is 40.3. The van der Waals surface area contributed by atoms with E-state index in [0.717, 1.165) is 0 Å². The minimum absolute atomic E-state index is 0.121. The van der Waals surface area contributed by atoms with Gasteiger partial charge in [-0.3, -0.25) is 9.69 Å². The molecule has 144 valence electrons. The van der Waals surface area contributed by atoms with Crippen LogP contribution in [-0.4, -0.2) is 22.2 Å². The van der Waals surface area contributed by atoms with Crippen LogP contribution in [0.1, 0.15) is 18.9 Å². The lowest BCUT2D eigenvalue weighted by Crippen LogP contribution is -2.31. The van der Waals surface area contributed by atoms with Crippen LogP contribution >= 0.6 is 0 Å². The molecule has 0 aliphatic carbocycles. The molecule has 0 fully saturated rings. The summed E-state index contributed by atoms with van der Waals surface area (Å²) in [6, 6.07) is 5.23. The summed E-state index contributed by atoms with van der Waals surface area (Å²) in [5.74, 6) is -0.227. The van der Waals surface area contributed by atoms with E-state index >= 15 is 0 Å². The molecule has 0 bridgehead atoms. The molecule has 2 N–H and O–H groups in total. The predicted molar refractivity (Wildman–Crippen MR) is 89.7 cm³/mol. The third-order valence-corrected chi connectivity index (χ3v) is 3.86. The lowest BCUT2D eigenvalue weighted by molar-refractivity contribution is -0.274. The number of carbonyl (C=O) groups is 1. The zero-order valence-electron chi connectivity index (χ0n) is 14.2. The molecule has 3 rings (SSSR count). The van der Waals surface area contributed by atoms with Crippen molar-refractivity contribution in [2.24, 2.45) is 0 Å². The first kappa shape index (κ1) is 18.6. The maximum absolute atomic E-state index is 12.6. The van der Waals surface area contributed by atoms with Gasteiger partial charge in [-0.2, -0.15) is 0 Å². The van der Waals surface area contributed by atoms with Crippen LogP contribution in [0.3, 0.4) is 0 Å². The molecule has 7 nitrogen and oxygen atoms in total. The number of benzene rings is 1. The molecule has 27 heavy (non-hydrogen) atoms. The van der Waals surface area contributed by atoms with Crippen molar-refractivity contribution in [3.8, 4) is 5.75 Å². The molecule has 0 radical (unpaired) electrons.